The minimum atomic E-state index is 0.984. The first-order valence-corrected chi connectivity index (χ1v) is 7.74. The molecular formula is C18H15NS. The Morgan fingerprint density at radius 3 is 2.35 bits per heavy atom. The van der Waals surface area contributed by atoms with Gasteiger partial charge in [0.05, 0.1) is 5.69 Å². The molecule has 1 nitrogen and oxygen atoms in total. The molecule has 0 saturated heterocycles. The van der Waals surface area contributed by atoms with E-state index >= 15 is 0 Å². The summed E-state index contributed by atoms with van der Waals surface area (Å²) in [4.78, 5) is 5.82. The average molecular weight is 277 g/mol. The van der Waals surface area contributed by atoms with Crippen molar-refractivity contribution in [2.75, 3.05) is 6.26 Å². The Labute approximate surface area is 123 Å². The van der Waals surface area contributed by atoms with Gasteiger partial charge in [-0.3, -0.25) is 4.99 Å². The number of rotatable bonds is 3. The van der Waals surface area contributed by atoms with E-state index in [1.165, 1.54) is 15.7 Å². The second kappa shape index (κ2) is 5.93. The summed E-state index contributed by atoms with van der Waals surface area (Å²) >= 11 is 1.75. The Balaban J connectivity index is 1.85. The number of hydrogen-bond acceptors (Lipinski definition) is 2. The van der Waals surface area contributed by atoms with Gasteiger partial charge < -0.3 is 0 Å². The number of nitrogens with zero attached hydrogens (tertiary/aromatic N) is 1. The van der Waals surface area contributed by atoms with E-state index in [0.29, 0.717) is 0 Å². The van der Waals surface area contributed by atoms with Crippen molar-refractivity contribution in [2.24, 2.45) is 4.99 Å². The fourth-order valence-corrected chi connectivity index (χ4v) is 2.50. The van der Waals surface area contributed by atoms with E-state index in [1.807, 2.05) is 6.21 Å². The first kappa shape index (κ1) is 12.9. The van der Waals surface area contributed by atoms with Crippen LogP contribution in [0.25, 0.3) is 10.8 Å². The standard InChI is InChI=1S/C18H15NS/c1-20-18-10-6-14(7-11-18)13-19-17-9-8-15-4-2-3-5-16(15)12-17/h2-13H,1H3. The molecule has 3 aromatic rings. The normalized spacial score (nSPS) is 11.2. The van der Waals surface area contributed by atoms with E-state index in [2.05, 4.69) is 78.0 Å². The maximum Gasteiger partial charge on any atom is 0.0636 e. The third kappa shape index (κ3) is 2.91. The second-order valence-corrected chi connectivity index (χ2v) is 5.44. The number of aliphatic imine (C=N–C) groups is 1. The van der Waals surface area contributed by atoms with Crippen LogP contribution >= 0.6 is 11.8 Å². The van der Waals surface area contributed by atoms with Crippen LogP contribution in [-0.2, 0) is 0 Å². The van der Waals surface area contributed by atoms with E-state index in [0.717, 1.165) is 11.3 Å². The highest BCUT2D eigenvalue weighted by Gasteiger charge is 1.94. The highest BCUT2D eigenvalue weighted by molar-refractivity contribution is 7.98. The molecule has 0 N–H and O–H groups in total. The zero-order chi connectivity index (χ0) is 13.8. The maximum atomic E-state index is 4.55. The molecule has 0 aliphatic heterocycles. The number of fused-ring (bicyclic) bond motifs is 1. The topological polar surface area (TPSA) is 12.4 Å². The molecule has 0 aromatic heterocycles. The highest BCUT2D eigenvalue weighted by Crippen LogP contribution is 2.21. The van der Waals surface area contributed by atoms with Crippen LogP contribution in [0.2, 0.25) is 0 Å². The van der Waals surface area contributed by atoms with Crippen molar-refractivity contribution in [3.8, 4) is 0 Å². The van der Waals surface area contributed by atoms with Crippen molar-refractivity contribution >= 4 is 34.4 Å². The van der Waals surface area contributed by atoms with Crippen molar-refractivity contribution in [3.63, 3.8) is 0 Å². The summed E-state index contributed by atoms with van der Waals surface area (Å²) in [5, 5.41) is 2.47. The van der Waals surface area contributed by atoms with E-state index in [1.54, 1.807) is 11.8 Å². The average Bonchev–Trinajstić information content (AvgIpc) is 2.53. The molecule has 20 heavy (non-hydrogen) atoms. The van der Waals surface area contributed by atoms with Crippen LogP contribution in [0.4, 0.5) is 5.69 Å². The molecule has 0 unspecified atom stereocenters. The van der Waals surface area contributed by atoms with Gasteiger partial charge in [0.25, 0.3) is 0 Å². The fraction of sp³-hybridized carbons (Fsp3) is 0.0556. The summed E-state index contributed by atoms with van der Waals surface area (Å²) in [7, 11) is 0. The molecular weight excluding hydrogens is 262 g/mol. The third-order valence-corrected chi connectivity index (χ3v) is 3.96. The van der Waals surface area contributed by atoms with Crippen LogP contribution in [0.5, 0.6) is 0 Å². The van der Waals surface area contributed by atoms with Gasteiger partial charge in [-0.1, -0.05) is 42.5 Å². The predicted octanol–water partition coefficient (Wildman–Crippen LogP) is 5.31. The van der Waals surface area contributed by atoms with E-state index in [4.69, 9.17) is 0 Å². The van der Waals surface area contributed by atoms with Gasteiger partial charge in [0.2, 0.25) is 0 Å². The van der Waals surface area contributed by atoms with Gasteiger partial charge in [-0.25, -0.2) is 0 Å². The van der Waals surface area contributed by atoms with Crippen LogP contribution in [0.15, 0.2) is 76.6 Å². The number of benzene rings is 3. The van der Waals surface area contributed by atoms with Gasteiger partial charge in [0.15, 0.2) is 0 Å². The highest BCUT2D eigenvalue weighted by atomic mass is 32.2. The Morgan fingerprint density at radius 1 is 0.850 bits per heavy atom. The number of hydrogen-bond donors (Lipinski definition) is 0. The molecule has 0 spiro atoms. The molecule has 3 aromatic carbocycles. The van der Waals surface area contributed by atoms with Gasteiger partial charge in [0, 0.05) is 11.1 Å². The summed E-state index contributed by atoms with van der Waals surface area (Å²) in [5.41, 5.74) is 2.11. The lowest BCUT2D eigenvalue weighted by molar-refractivity contribution is 1.45. The second-order valence-electron chi connectivity index (χ2n) is 4.56. The van der Waals surface area contributed by atoms with Crippen LogP contribution in [-0.4, -0.2) is 12.5 Å². The van der Waals surface area contributed by atoms with Gasteiger partial charge in [-0.15, -0.1) is 11.8 Å². The summed E-state index contributed by atoms with van der Waals surface area (Å²) < 4.78 is 0. The van der Waals surface area contributed by atoms with Crippen molar-refractivity contribution in [1.29, 1.82) is 0 Å². The first-order chi connectivity index (χ1) is 9.85. The van der Waals surface area contributed by atoms with Crippen molar-refractivity contribution in [2.45, 2.75) is 4.90 Å². The Kier molecular flexibility index (Phi) is 3.84. The zero-order valence-corrected chi connectivity index (χ0v) is 12.1. The largest absolute Gasteiger partial charge is 0.256 e. The van der Waals surface area contributed by atoms with Crippen molar-refractivity contribution < 1.29 is 0 Å². The molecule has 0 bridgehead atoms. The maximum absolute atomic E-state index is 4.55. The molecule has 0 radical (unpaired) electrons. The molecule has 0 saturated carbocycles. The fourth-order valence-electron chi connectivity index (χ4n) is 2.10. The molecule has 2 heteroatoms. The SMILES string of the molecule is CSc1ccc(C=Nc2ccc3ccccc3c2)cc1. The smallest absolute Gasteiger partial charge is 0.0636 e. The predicted molar refractivity (Wildman–Crippen MR) is 89.4 cm³/mol. The van der Waals surface area contributed by atoms with Gasteiger partial charge >= 0.3 is 0 Å². The van der Waals surface area contributed by atoms with Gasteiger partial charge in [-0.05, 0) is 46.9 Å². The Morgan fingerprint density at radius 2 is 1.60 bits per heavy atom. The molecule has 0 atom stereocenters. The molecule has 0 aliphatic carbocycles. The quantitative estimate of drug-likeness (QED) is 0.466. The molecule has 0 fully saturated rings. The molecule has 3 rings (SSSR count). The Hall–Kier alpha value is -2.06. The molecule has 0 amide bonds. The molecule has 0 heterocycles. The monoisotopic (exact) mass is 277 g/mol. The van der Waals surface area contributed by atoms with Crippen LogP contribution < -0.4 is 0 Å². The lowest BCUT2D eigenvalue weighted by atomic mass is 10.1. The van der Waals surface area contributed by atoms with Crippen LogP contribution in [0.3, 0.4) is 0 Å². The van der Waals surface area contributed by atoms with E-state index in [9.17, 15) is 0 Å². The lowest BCUT2D eigenvalue weighted by Crippen LogP contribution is -1.80. The van der Waals surface area contributed by atoms with Crippen molar-refractivity contribution in [1.82, 2.24) is 0 Å². The summed E-state index contributed by atoms with van der Waals surface area (Å²) in [6, 6.07) is 23.0. The summed E-state index contributed by atoms with van der Waals surface area (Å²) in [6.07, 6.45) is 3.99. The summed E-state index contributed by atoms with van der Waals surface area (Å²) in [5.74, 6) is 0. The van der Waals surface area contributed by atoms with E-state index < -0.39 is 0 Å². The minimum Gasteiger partial charge on any atom is -0.256 e. The van der Waals surface area contributed by atoms with Crippen LogP contribution in [0.1, 0.15) is 5.56 Å². The third-order valence-electron chi connectivity index (χ3n) is 3.21. The van der Waals surface area contributed by atoms with Crippen molar-refractivity contribution in [3.05, 3.63) is 72.3 Å². The zero-order valence-electron chi connectivity index (χ0n) is 11.3. The lowest BCUT2D eigenvalue weighted by Gasteiger charge is -1.99. The first-order valence-electron chi connectivity index (χ1n) is 6.52. The molecule has 0 aliphatic rings. The van der Waals surface area contributed by atoms with Gasteiger partial charge in [0.1, 0.15) is 0 Å². The summed E-state index contributed by atoms with van der Waals surface area (Å²) in [6.45, 7) is 0. The van der Waals surface area contributed by atoms with Crippen LogP contribution in [0, 0.1) is 0 Å². The minimum absolute atomic E-state index is 0.984. The molecule has 98 valence electrons. The van der Waals surface area contributed by atoms with Gasteiger partial charge in [-0.2, -0.15) is 0 Å². The Bertz CT molecular complexity index is 745. The van der Waals surface area contributed by atoms with E-state index in [-0.39, 0.29) is 0 Å². The number of thioether (sulfide) groups is 1.